The van der Waals surface area contributed by atoms with Gasteiger partial charge in [0.15, 0.2) is 10.6 Å². The molecule has 0 aliphatic heterocycles. The summed E-state index contributed by atoms with van der Waals surface area (Å²) in [6.45, 7) is 2.03. The normalized spacial score (nSPS) is 10.7. The third-order valence-corrected chi connectivity index (χ3v) is 4.62. The van der Waals surface area contributed by atoms with Gasteiger partial charge >= 0.3 is 0 Å². The molecular formula is C17H14Cl2N4OS. The quantitative estimate of drug-likeness (QED) is 0.623. The number of halogens is 2. The number of aromatic amines is 1. The van der Waals surface area contributed by atoms with E-state index in [2.05, 4.69) is 15.5 Å². The Morgan fingerprint density at radius 3 is 2.60 bits per heavy atom. The highest BCUT2D eigenvalue weighted by Gasteiger charge is 2.13. The van der Waals surface area contributed by atoms with Crippen LogP contribution in [0, 0.1) is 11.7 Å². The number of carbonyl (C=O) groups excluding carboxylic acids is 1. The molecule has 1 aromatic heterocycles. The summed E-state index contributed by atoms with van der Waals surface area (Å²) in [7, 11) is 0. The van der Waals surface area contributed by atoms with E-state index in [1.807, 2.05) is 31.2 Å². The maximum atomic E-state index is 12.4. The number of hydrogen-bond donors (Lipinski definition) is 2. The zero-order chi connectivity index (χ0) is 18.0. The van der Waals surface area contributed by atoms with Gasteiger partial charge in [-0.3, -0.25) is 14.5 Å². The van der Waals surface area contributed by atoms with Crippen molar-refractivity contribution in [3.05, 3.63) is 62.8 Å². The number of amides is 1. The van der Waals surface area contributed by atoms with Gasteiger partial charge in [-0.05, 0) is 37.3 Å². The Morgan fingerprint density at radius 1 is 1.20 bits per heavy atom. The second-order valence-corrected chi connectivity index (χ2v) is 6.68. The minimum atomic E-state index is -0.246. The molecule has 5 nitrogen and oxygen atoms in total. The number of nitrogens with zero attached hydrogens (tertiary/aromatic N) is 2. The fourth-order valence-electron chi connectivity index (χ4n) is 2.31. The Labute approximate surface area is 159 Å². The van der Waals surface area contributed by atoms with E-state index in [-0.39, 0.29) is 12.5 Å². The molecule has 0 radical (unpaired) electrons. The molecule has 2 N–H and O–H groups in total. The first-order valence-corrected chi connectivity index (χ1v) is 8.57. The average Bonchev–Trinajstić information content (AvgIpc) is 2.93. The first kappa shape index (κ1) is 17.7. The van der Waals surface area contributed by atoms with Gasteiger partial charge in [-0.15, -0.1) is 0 Å². The molecule has 0 atom stereocenters. The molecule has 1 amide bonds. The fourth-order valence-corrected chi connectivity index (χ4v) is 2.80. The zero-order valence-corrected chi connectivity index (χ0v) is 15.5. The van der Waals surface area contributed by atoms with Crippen LogP contribution in [0.2, 0.25) is 10.0 Å². The second kappa shape index (κ2) is 7.39. The van der Waals surface area contributed by atoms with Crippen molar-refractivity contribution in [2.24, 2.45) is 0 Å². The molecule has 1 heterocycles. The Balaban J connectivity index is 1.81. The number of aromatic nitrogens is 3. The Morgan fingerprint density at radius 2 is 1.92 bits per heavy atom. The lowest BCUT2D eigenvalue weighted by Crippen LogP contribution is -2.19. The molecule has 25 heavy (non-hydrogen) atoms. The number of hydrogen-bond acceptors (Lipinski definition) is 3. The fraction of sp³-hybridized carbons (Fsp3) is 0.118. The second-order valence-electron chi connectivity index (χ2n) is 5.48. The first-order valence-electron chi connectivity index (χ1n) is 7.41. The van der Waals surface area contributed by atoms with Crippen LogP contribution in [0.3, 0.4) is 0 Å². The summed E-state index contributed by atoms with van der Waals surface area (Å²) in [6, 6.07) is 12.7. The van der Waals surface area contributed by atoms with E-state index in [9.17, 15) is 4.79 Å². The molecular weight excluding hydrogens is 379 g/mol. The molecule has 0 bridgehead atoms. The van der Waals surface area contributed by atoms with Crippen molar-refractivity contribution in [2.45, 2.75) is 13.5 Å². The van der Waals surface area contributed by atoms with E-state index in [0.717, 1.165) is 11.1 Å². The number of nitrogens with one attached hydrogen (secondary N) is 2. The van der Waals surface area contributed by atoms with E-state index in [1.165, 1.54) is 0 Å². The minimum Gasteiger partial charge on any atom is -0.324 e. The van der Waals surface area contributed by atoms with Crippen molar-refractivity contribution in [3.63, 3.8) is 0 Å². The first-order chi connectivity index (χ1) is 11.9. The molecule has 0 saturated carbocycles. The third-order valence-electron chi connectivity index (χ3n) is 3.57. The minimum absolute atomic E-state index is 0.0266. The van der Waals surface area contributed by atoms with Gasteiger partial charge in [0.25, 0.3) is 0 Å². The summed E-state index contributed by atoms with van der Waals surface area (Å²) >= 11 is 17.1. The lowest BCUT2D eigenvalue weighted by molar-refractivity contribution is -0.116. The molecule has 3 rings (SSSR count). The third kappa shape index (κ3) is 4.10. The highest BCUT2D eigenvalue weighted by Crippen LogP contribution is 2.25. The Bertz CT molecular complexity index is 979. The zero-order valence-electron chi connectivity index (χ0n) is 13.2. The van der Waals surface area contributed by atoms with E-state index in [4.69, 9.17) is 35.4 Å². The largest absolute Gasteiger partial charge is 0.324 e. The SMILES string of the molecule is Cc1ccc(-c2n[nH]c(=S)n2CC(=O)Nc2ccc(Cl)c(Cl)c2)cc1. The Hall–Kier alpha value is -2.15. The van der Waals surface area contributed by atoms with Crippen molar-refractivity contribution < 1.29 is 4.79 Å². The monoisotopic (exact) mass is 392 g/mol. The van der Waals surface area contributed by atoms with Crippen LogP contribution >= 0.6 is 35.4 Å². The molecule has 8 heteroatoms. The average molecular weight is 393 g/mol. The number of aryl methyl sites for hydroxylation is 1. The summed E-state index contributed by atoms with van der Waals surface area (Å²) in [6.07, 6.45) is 0. The number of rotatable bonds is 4. The number of benzene rings is 2. The molecule has 0 saturated heterocycles. The topological polar surface area (TPSA) is 62.7 Å². The van der Waals surface area contributed by atoms with Gasteiger partial charge in [-0.1, -0.05) is 53.0 Å². The van der Waals surface area contributed by atoms with E-state index in [0.29, 0.717) is 26.3 Å². The van der Waals surface area contributed by atoms with Crippen LogP contribution in [0.15, 0.2) is 42.5 Å². The molecule has 2 aromatic carbocycles. The summed E-state index contributed by atoms with van der Waals surface area (Å²) in [5.74, 6) is 0.360. The van der Waals surface area contributed by atoms with Crippen molar-refractivity contribution in [1.82, 2.24) is 14.8 Å². The highest BCUT2D eigenvalue weighted by molar-refractivity contribution is 7.71. The molecule has 128 valence electrons. The van der Waals surface area contributed by atoms with Crippen molar-refractivity contribution in [3.8, 4) is 11.4 Å². The van der Waals surface area contributed by atoms with Gasteiger partial charge in [0.1, 0.15) is 6.54 Å². The van der Waals surface area contributed by atoms with Crippen molar-refractivity contribution in [2.75, 3.05) is 5.32 Å². The van der Waals surface area contributed by atoms with Gasteiger partial charge in [-0.2, -0.15) is 5.10 Å². The summed E-state index contributed by atoms with van der Waals surface area (Å²) in [5.41, 5.74) is 2.58. The predicted molar refractivity (Wildman–Crippen MR) is 103 cm³/mol. The van der Waals surface area contributed by atoms with Crippen LogP contribution in [-0.4, -0.2) is 20.7 Å². The van der Waals surface area contributed by atoms with Gasteiger partial charge < -0.3 is 5.32 Å². The van der Waals surface area contributed by atoms with Crippen LogP contribution in [0.25, 0.3) is 11.4 Å². The van der Waals surface area contributed by atoms with E-state index < -0.39 is 0 Å². The molecule has 0 spiro atoms. The predicted octanol–water partition coefficient (Wildman–Crippen LogP) is 4.86. The van der Waals surface area contributed by atoms with Crippen molar-refractivity contribution in [1.29, 1.82) is 0 Å². The van der Waals surface area contributed by atoms with E-state index in [1.54, 1.807) is 22.8 Å². The molecule has 0 unspecified atom stereocenters. The van der Waals surface area contributed by atoms with Gasteiger partial charge in [0.2, 0.25) is 5.91 Å². The van der Waals surface area contributed by atoms with Crippen LogP contribution in [-0.2, 0) is 11.3 Å². The molecule has 0 aliphatic rings. The highest BCUT2D eigenvalue weighted by atomic mass is 35.5. The number of anilines is 1. The number of H-pyrrole nitrogens is 1. The molecule has 0 fully saturated rings. The van der Waals surface area contributed by atoms with Crippen LogP contribution in [0.5, 0.6) is 0 Å². The lowest BCUT2D eigenvalue weighted by atomic mass is 10.1. The summed E-state index contributed by atoms with van der Waals surface area (Å²) < 4.78 is 2.02. The van der Waals surface area contributed by atoms with Gasteiger partial charge in [-0.25, -0.2) is 0 Å². The molecule has 0 aliphatic carbocycles. The maximum Gasteiger partial charge on any atom is 0.244 e. The standard InChI is InChI=1S/C17H14Cl2N4OS/c1-10-2-4-11(5-3-10)16-21-22-17(25)23(16)9-15(24)20-12-6-7-13(18)14(19)8-12/h2-8H,9H2,1H3,(H,20,24)(H,22,25). The van der Waals surface area contributed by atoms with Gasteiger partial charge in [0, 0.05) is 11.3 Å². The summed E-state index contributed by atoms with van der Waals surface area (Å²) in [5, 5.41) is 10.5. The maximum absolute atomic E-state index is 12.4. The van der Waals surface area contributed by atoms with E-state index >= 15 is 0 Å². The number of carbonyl (C=O) groups is 1. The smallest absolute Gasteiger partial charge is 0.244 e. The van der Waals surface area contributed by atoms with Crippen LogP contribution in [0.1, 0.15) is 5.56 Å². The van der Waals surface area contributed by atoms with Crippen LogP contribution in [0.4, 0.5) is 5.69 Å². The van der Waals surface area contributed by atoms with Crippen LogP contribution < -0.4 is 5.32 Å². The lowest BCUT2D eigenvalue weighted by Gasteiger charge is -2.09. The molecule has 3 aromatic rings. The Kier molecular flexibility index (Phi) is 5.22. The van der Waals surface area contributed by atoms with Crippen molar-refractivity contribution >= 4 is 47.0 Å². The summed E-state index contributed by atoms with van der Waals surface area (Å²) in [4.78, 5) is 12.4. The van der Waals surface area contributed by atoms with Gasteiger partial charge in [0.05, 0.1) is 10.0 Å².